The van der Waals surface area contributed by atoms with Crippen LogP contribution in [0, 0.1) is 11.3 Å². The van der Waals surface area contributed by atoms with Gasteiger partial charge in [-0.3, -0.25) is 8.97 Å². The number of nitrogens with zero attached hydrogens (tertiary/aromatic N) is 4. The summed E-state index contributed by atoms with van der Waals surface area (Å²) in [5, 5.41) is 11.3. The SMILES string of the molecule is N#Cc1ccc2oc3cccc(-n4c5ccccc5n5c6ccccc6nc45)c3c2c1. The van der Waals surface area contributed by atoms with Gasteiger partial charge >= 0.3 is 0 Å². The average molecular weight is 398 g/mol. The highest BCUT2D eigenvalue weighted by Crippen LogP contribution is 2.37. The Bertz CT molecular complexity index is 1860. The third kappa shape index (κ3) is 2.06. The third-order valence-corrected chi connectivity index (χ3v) is 5.95. The Balaban J connectivity index is 1.72. The molecule has 0 radical (unpaired) electrons. The first-order valence-corrected chi connectivity index (χ1v) is 10.1. The molecule has 144 valence electrons. The molecule has 0 aliphatic carbocycles. The Kier molecular flexibility index (Phi) is 3.01. The van der Waals surface area contributed by atoms with Gasteiger partial charge in [-0.15, -0.1) is 0 Å². The number of furan rings is 1. The third-order valence-electron chi connectivity index (χ3n) is 5.95. The smallest absolute Gasteiger partial charge is 0.220 e. The summed E-state index contributed by atoms with van der Waals surface area (Å²) in [6.07, 6.45) is 0. The van der Waals surface area contributed by atoms with Crippen LogP contribution in [0.1, 0.15) is 5.56 Å². The maximum absolute atomic E-state index is 9.42. The molecule has 4 aromatic carbocycles. The van der Waals surface area contributed by atoms with Crippen molar-refractivity contribution in [3.63, 3.8) is 0 Å². The lowest BCUT2D eigenvalue weighted by molar-refractivity contribution is 0.669. The number of hydrogen-bond donors (Lipinski definition) is 0. The lowest BCUT2D eigenvalue weighted by Gasteiger charge is -2.07. The maximum Gasteiger partial charge on any atom is 0.220 e. The van der Waals surface area contributed by atoms with Crippen LogP contribution in [0.2, 0.25) is 0 Å². The number of aromatic nitrogens is 3. The Morgan fingerprint density at radius 2 is 1.58 bits per heavy atom. The summed E-state index contributed by atoms with van der Waals surface area (Å²) in [6, 6.07) is 30.3. The van der Waals surface area contributed by atoms with E-state index in [1.165, 1.54) is 0 Å². The molecule has 0 atom stereocenters. The lowest BCUT2D eigenvalue weighted by Crippen LogP contribution is -1.95. The summed E-state index contributed by atoms with van der Waals surface area (Å²) in [6.45, 7) is 0. The van der Waals surface area contributed by atoms with E-state index in [0.29, 0.717) is 5.56 Å². The Labute approximate surface area is 176 Å². The van der Waals surface area contributed by atoms with E-state index in [2.05, 4.69) is 39.3 Å². The molecule has 0 N–H and O–H groups in total. The average Bonchev–Trinajstić information content (AvgIpc) is 3.46. The number of benzene rings is 4. The van der Waals surface area contributed by atoms with Gasteiger partial charge in [0.1, 0.15) is 11.2 Å². The molecule has 0 aliphatic rings. The van der Waals surface area contributed by atoms with E-state index in [9.17, 15) is 5.26 Å². The number of para-hydroxylation sites is 4. The van der Waals surface area contributed by atoms with Crippen LogP contribution in [0.5, 0.6) is 0 Å². The van der Waals surface area contributed by atoms with E-state index in [-0.39, 0.29) is 0 Å². The molecule has 3 heterocycles. The zero-order valence-electron chi connectivity index (χ0n) is 16.3. The van der Waals surface area contributed by atoms with Crippen LogP contribution in [0.15, 0.2) is 89.3 Å². The van der Waals surface area contributed by atoms with Crippen molar-refractivity contribution in [2.45, 2.75) is 0 Å². The van der Waals surface area contributed by atoms with Gasteiger partial charge in [0.15, 0.2) is 0 Å². The van der Waals surface area contributed by atoms with Gasteiger partial charge < -0.3 is 4.42 Å². The number of nitriles is 1. The first-order chi connectivity index (χ1) is 15.3. The topological polar surface area (TPSA) is 59.2 Å². The Hall–Kier alpha value is -4.56. The fourth-order valence-corrected chi connectivity index (χ4v) is 4.65. The van der Waals surface area contributed by atoms with Gasteiger partial charge in [0.05, 0.1) is 44.8 Å². The fourth-order valence-electron chi connectivity index (χ4n) is 4.65. The molecule has 0 fully saturated rings. The standard InChI is InChI=1S/C26H14N4O/c27-15-16-12-13-23-17(14-16)25-22(10-5-11-24(25)31-23)30-21-9-4-3-8-20(21)29-19-7-2-1-6-18(19)28-26(29)30/h1-14H. The van der Waals surface area contributed by atoms with Gasteiger partial charge in [0.25, 0.3) is 0 Å². The minimum atomic E-state index is 0.610. The number of rotatable bonds is 1. The quantitative estimate of drug-likeness (QED) is 0.331. The fraction of sp³-hybridized carbons (Fsp3) is 0. The minimum absolute atomic E-state index is 0.610. The molecular weight excluding hydrogens is 384 g/mol. The predicted molar refractivity (Wildman–Crippen MR) is 122 cm³/mol. The van der Waals surface area contributed by atoms with E-state index in [1.54, 1.807) is 6.07 Å². The van der Waals surface area contributed by atoms with Crippen LogP contribution in [0.4, 0.5) is 0 Å². The van der Waals surface area contributed by atoms with Crippen molar-refractivity contribution in [1.29, 1.82) is 5.26 Å². The molecule has 0 spiro atoms. The molecule has 0 unspecified atom stereocenters. The van der Waals surface area contributed by atoms with Gasteiger partial charge in [0.2, 0.25) is 5.78 Å². The van der Waals surface area contributed by atoms with Gasteiger partial charge in [-0.1, -0.05) is 30.3 Å². The largest absolute Gasteiger partial charge is 0.456 e. The minimum Gasteiger partial charge on any atom is -0.456 e. The number of imidazole rings is 2. The summed E-state index contributed by atoms with van der Waals surface area (Å²) in [5.74, 6) is 0.848. The van der Waals surface area contributed by atoms with Crippen LogP contribution in [-0.4, -0.2) is 14.0 Å². The second kappa shape index (κ2) is 5.74. The second-order valence-corrected chi connectivity index (χ2v) is 7.64. The lowest BCUT2D eigenvalue weighted by atomic mass is 10.1. The molecule has 5 heteroatoms. The summed E-state index contributed by atoms with van der Waals surface area (Å²) < 4.78 is 10.5. The van der Waals surface area contributed by atoms with Crippen LogP contribution >= 0.6 is 0 Å². The van der Waals surface area contributed by atoms with Crippen LogP contribution in [-0.2, 0) is 0 Å². The second-order valence-electron chi connectivity index (χ2n) is 7.64. The summed E-state index contributed by atoms with van der Waals surface area (Å²) in [4.78, 5) is 4.98. The van der Waals surface area contributed by atoms with Crippen molar-refractivity contribution in [3.8, 4) is 11.8 Å². The summed E-state index contributed by atoms with van der Waals surface area (Å²) in [5.41, 5.74) is 7.32. The predicted octanol–water partition coefficient (Wildman–Crippen LogP) is 6.20. The van der Waals surface area contributed by atoms with Crippen LogP contribution in [0.25, 0.3) is 55.5 Å². The highest BCUT2D eigenvalue weighted by atomic mass is 16.3. The molecule has 0 saturated heterocycles. The van der Waals surface area contributed by atoms with Crippen molar-refractivity contribution < 1.29 is 4.42 Å². The van der Waals surface area contributed by atoms with Crippen LogP contribution < -0.4 is 0 Å². The maximum atomic E-state index is 9.42. The van der Waals surface area contributed by atoms with Crippen molar-refractivity contribution in [3.05, 3.63) is 90.5 Å². The van der Waals surface area contributed by atoms with E-state index in [4.69, 9.17) is 9.40 Å². The van der Waals surface area contributed by atoms with Crippen molar-refractivity contribution in [2.75, 3.05) is 0 Å². The van der Waals surface area contributed by atoms with Crippen molar-refractivity contribution >= 4 is 49.8 Å². The van der Waals surface area contributed by atoms with Gasteiger partial charge in [-0.05, 0) is 54.6 Å². The first kappa shape index (κ1) is 16.3. The van der Waals surface area contributed by atoms with E-state index >= 15 is 0 Å². The highest BCUT2D eigenvalue weighted by molar-refractivity contribution is 6.10. The molecule has 0 bridgehead atoms. The molecule has 0 amide bonds. The monoisotopic (exact) mass is 398 g/mol. The molecule has 0 aliphatic heterocycles. The van der Waals surface area contributed by atoms with E-state index in [1.807, 2.05) is 54.6 Å². The normalized spacial score (nSPS) is 11.8. The molecule has 31 heavy (non-hydrogen) atoms. The molecule has 7 aromatic rings. The molecule has 0 saturated carbocycles. The first-order valence-electron chi connectivity index (χ1n) is 10.1. The highest BCUT2D eigenvalue weighted by Gasteiger charge is 2.20. The molecular formula is C26H14N4O. The summed E-state index contributed by atoms with van der Waals surface area (Å²) in [7, 11) is 0. The van der Waals surface area contributed by atoms with E-state index in [0.717, 1.165) is 55.5 Å². The molecule has 7 rings (SSSR count). The van der Waals surface area contributed by atoms with E-state index < -0.39 is 0 Å². The van der Waals surface area contributed by atoms with Crippen LogP contribution in [0.3, 0.4) is 0 Å². The number of fused-ring (bicyclic) bond motifs is 8. The Morgan fingerprint density at radius 1 is 0.774 bits per heavy atom. The van der Waals surface area contributed by atoms with Crippen molar-refractivity contribution in [2.24, 2.45) is 0 Å². The van der Waals surface area contributed by atoms with Gasteiger partial charge in [0, 0.05) is 5.39 Å². The zero-order valence-corrected chi connectivity index (χ0v) is 16.3. The number of hydrogen-bond acceptors (Lipinski definition) is 3. The molecule has 3 aromatic heterocycles. The summed E-state index contributed by atoms with van der Waals surface area (Å²) >= 11 is 0. The Morgan fingerprint density at radius 3 is 2.45 bits per heavy atom. The van der Waals surface area contributed by atoms with Crippen molar-refractivity contribution in [1.82, 2.24) is 14.0 Å². The molecule has 5 nitrogen and oxygen atoms in total. The van der Waals surface area contributed by atoms with Gasteiger partial charge in [-0.2, -0.15) is 5.26 Å². The van der Waals surface area contributed by atoms with Gasteiger partial charge in [-0.25, -0.2) is 4.98 Å². The zero-order chi connectivity index (χ0) is 20.5.